The third kappa shape index (κ3) is 5.62. The summed E-state index contributed by atoms with van der Waals surface area (Å²) in [7, 11) is 0. The van der Waals surface area contributed by atoms with Crippen LogP contribution in [0, 0.1) is 19.8 Å². The number of nitrogens with zero attached hydrogens (tertiary/aromatic N) is 3. The number of aryl methyl sites for hydroxylation is 2. The van der Waals surface area contributed by atoms with Gasteiger partial charge in [0, 0.05) is 37.6 Å². The number of aromatic nitrogens is 2. The molecule has 0 amide bonds. The standard InChI is InChI=1S/C19H31N5O2/c1-6-20-18(21-11-14(2)12-24-9-7-8-23-24)22-13-19(5,25)17-10-15(3)26-16(17)4/h7-10,14,25H,6,11-13H2,1-5H3,(H2,20,21,22). The molecule has 2 atom stereocenters. The van der Waals surface area contributed by atoms with E-state index in [0.717, 1.165) is 36.7 Å². The van der Waals surface area contributed by atoms with Crippen molar-refractivity contribution in [2.24, 2.45) is 10.9 Å². The first-order chi connectivity index (χ1) is 12.3. The number of aliphatic imine (C=N–C) groups is 1. The molecule has 7 heteroatoms. The molecule has 0 spiro atoms. The van der Waals surface area contributed by atoms with Crippen molar-refractivity contribution in [1.29, 1.82) is 0 Å². The third-order valence-corrected chi connectivity index (χ3v) is 4.19. The Morgan fingerprint density at radius 1 is 1.42 bits per heavy atom. The predicted molar refractivity (Wildman–Crippen MR) is 103 cm³/mol. The minimum absolute atomic E-state index is 0.246. The molecule has 2 heterocycles. The molecule has 0 bridgehead atoms. The summed E-state index contributed by atoms with van der Waals surface area (Å²) in [6.45, 7) is 12.3. The van der Waals surface area contributed by atoms with E-state index < -0.39 is 5.60 Å². The van der Waals surface area contributed by atoms with Crippen LogP contribution in [0.4, 0.5) is 0 Å². The Bertz CT molecular complexity index is 704. The molecule has 2 unspecified atom stereocenters. The van der Waals surface area contributed by atoms with E-state index in [1.54, 1.807) is 13.1 Å². The van der Waals surface area contributed by atoms with Gasteiger partial charge in [-0.2, -0.15) is 5.10 Å². The number of guanidine groups is 1. The van der Waals surface area contributed by atoms with Gasteiger partial charge >= 0.3 is 0 Å². The van der Waals surface area contributed by atoms with Gasteiger partial charge in [0.05, 0.1) is 6.54 Å². The van der Waals surface area contributed by atoms with Crippen LogP contribution >= 0.6 is 0 Å². The van der Waals surface area contributed by atoms with Gasteiger partial charge in [0.1, 0.15) is 17.1 Å². The Morgan fingerprint density at radius 2 is 2.19 bits per heavy atom. The lowest BCUT2D eigenvalue weighted by Gasteiger charge is -2.22. The van der Waals surface area contributed by atoms with Crippen LogP contribution in [0.2, 0.25) is 0 Å². The fraction of sp³-hybridized carbons (Fsp3) is 0.579. The largest absolute Gasteiger partial charge is 0.466 e. The van der Waals surface area contributed by atoms with Crippen LogP contribution in [-0.4, -0.2) is 40.5 Å². The second kappa shape index (κ2) is 8.89. The van der Waals surface area contributed by atoms with Crippen LogP contribution in [0.1, 0.15) is 37.9 Å². The lowest BCUT2D eigenvalue weighted by molar-refractivity contribution is 0.0657. The average Bonchev–Trinajstić information content (AvgIpc) is 3.19. The van der Waals surface area contributed by atoms with Crippen molar-refractivity contribution < 1.29 is 9.52 Å². The maximum atomic E-state index is 10.8. The van der Waals surface area contributed by atoms with Crippen molar-refractivity contribution in [3.63, 3.8) is 0 Å². The maximum absolute atomic E-state index is 10.8. The van der Waals surface area contributed by atoms with Crippen LogP contribution < -0.4 is 10.6 Å². The molecule has 2 aromatic rings. The highest BCUT2D eigenvalue weighted by Gasteiger charge is 2.27. The molecule has 144 valence electrons. The fourth-order valence-corrected chi connectivity index (χ4v) is 2.89. The van der Waals surface area contributed by atoms with Gasteiger partial charge in [0.2, 0.25) is 0 Å². The summed E-state index contributed by atoms with van der Waals surface area (Å²) in [4.78, 5) is 4.56. The summed E-state index contributed by atoms with van der Waals surface area (Å²) < 4.78 is 7.46. The Kier molecular flexibility index (Phi) is 6.85. The van der Waals surface area contributed by atoms with E-state index in [9.17, 15) is 5.11 Å². The van der Waals surface area contributed by atoms with Crippen molar-refractivity contribution in [2.45, 2.75) is 46.8 Å². The summed E-state index contributed by atoms with van der Waals surface area (Å²) in [5.74, 6) is 2.60. The van der Waals surface area contributed by atoms with Crippen LogP contribution in [0.3, 0.4) is 0 Å². The number of hydrogen-bond acceptors (Lipinski definition) is 4. The smallest absolute Gasteiger partial charge is 0.191 e. The molecule has 0 saturated heterocycles. The van der Waals surface area contributed by atoms with Crippen molar-refractivity contribution in [3.8, 4) is 0 Å². The number of furan rings is 1. The van der Waals surface area contributed by atoms with Crippen LogP contribution in [0.15, 0.2) is 33.9 Å². The first kappa shape index (κ1) is 20.0. The molecule has 0 aliphatic carbocycles. The van der Waals surface area contributed by atoms with Gasteiger partial charge in [0.15, 0.2) is 5.96 Å². The van der Waals surface area contributed by atoms with Gasteiger partial charge in [-0.15, -0.1) is 0 Å². The molecule has 0 saturated carbocycles. The molecular formula is C19H31N5O2. The number of rotatable bonds is 8. The van der Waals surface area contributed by atoms with Crippen LogP contribution in [0.5, 0.6) is 0 Å². The van der Waals surface area contributed by atoms with Gasteiger partial charge in [-0.25, -0.2) is 4.99 Å². The molecule has 0 fully saturated rings. The maximum Gasteiger partial charge on any atom is 0.191 e. The molecule has 26 heavy (non-hydrogen) atoms. The zero-order valence-electron chi connectivity index (χ0n) is 16.4. The van der Waals surface area contributed by atoms with E-state index >= 15 is 0 Å². The second-order valence-corrected chi connectivity index (χ2v) is 7.01. The third-order valence-electron chi connectivity index (χ3n) is 4.19. The monoisotopic (exact) mass is 361 g/mol. The Balaban J connectivity index is 1.95. The number of aliphatic hydroxyl groups is 1. The molecule has 0 aliphatic rings. The van der Waals surface area contributed by atoms with E-state index in [4.69, 9.17) is 4.42 Å². The summed E-state index contributed by atoms with van der Waals surface area (Å²) >= 11 is 0. The SMILES string of the molecule is CCNC(=NCC(C)(O)c1cc(C)oc1C)NCC(C)Cn1cccn1. The Labute approximate surface area is 155 Å². The van der Waals surface area contributed by atoms with E-state index in [0.29, 0.717) is 11.9 Å². The predicted octanol–water partition coefficient (Wildman–Crippen LogP) is 2.19. The molecule has 0 radical (unpaired) electrons. The minimum atomic E-state index is -1.08. The summed E-state index contributed by atoms with van der Waals surface area (Å²) in [5.41, 5.74) is -0.299. The Hall–Kier alpha value is -2.28. The lowest BCUT2D eigenvalue weighted by Crippen LogP contribution is -2.41. The van der Waals surface area contributed by atoms with E-state index in [-0.39, 0.29) is 6.54 Å². The van der Waals surface area contributed by atoms with E-state index in [1.165, 1.54) is 0 Å². The summed E-state index contributed by atoms with van der Waals surface area (Å²) in [6, 6.07) is 3.80. The first-order valence-electron chi connectivity index (χ1n) is 9.11. The van der Waals surface area contributed by atoms with E-state index in [1.807, 2.05) is 43.8 Å². The normalized spacial score (nSPS) is 15.5. The molecule has 0 aliphatic heterocycles. The minimum Gasteiger partial charge on any atom is -0.466 e. The zero-order chi connectivity index (χ0) is 19.2. The molecular weight excluding hydrogens is 330 g/mol. The van der Waals surface area contributed by atoms with Gasteiger partial charge in [-0.05, 0) is 45.7 Å². The lowest BCUT2D eigenvalue weighted by atomic mass is 9.96. The molecule has 3 N–H and O–H groups in total. The quantitative estimate of drug-likeness (QED) is 0.495. The highest BCUT2D eigenvalue weighted by molar-refractivity contribution is 5.79. The average molecular weight is 361 g/mol. The summed E-state index contributed by atoms with van der Waals surface area (Å²) in [6.07, 6.45) is 3.75. The second-order valence-electron chi connectivity index (χ2n) is 7.01. The highest BCUT2D eigenvalue weighted by atomic mass is 16.3. The van der Waals surface area contributed by atoms with Crippen LogP contribution in [0.25, 0.3) is 0 Å². The molecule has 0 aromatic carbocycles. The molecule has 7 nitrogen and oxygen atoms in total. The topological polar surface area (TPSA) is 87.6 Å². The Morgan fingerprint density at radius 3 is 2.77 bits per heavy atom. The van der Waals surface area contributed by atoms with Crippen molar-refractivity contribution in [3.05, 3.63) is 41.6 Å². The van der Waals surface area contributed by atoms with Gasteiger partial charge in [0.25, 0.3) is 0 Å². The van der Waals surface area contributed by atoms with Gasteiger partial charge in [-0.1, -0.05) is 6.92 Å². The molecule has 2 aromatic heterocycles. The first-order valence-corrected chi connectivity index (χ1v) is 9.11. The van der Waals surface area contributed by atoms with Crippen molar-refractivity contribution in [1.82, 2.24) is 20.4 Å². The van der Waals surface area contributed by atoms with Crippen LogP contribution in [-0.2, 0) is 12.1 Å². The van der Waals surface area contributed by atoms with Gasteiger partial charge < -0.3 is 20.2 Å². The van der Waals surface area contributed by atoms with Gasteiger partial charge in [-0.3, -0.25) is 4.68 Å². The molecule has 2 rings (SSSR count). The fourth-order valence-electron chi connectivity index (χ4n) is 2.89. The number of nitrogens with one attached hydrogen (secondary N) is 2. The van der Waals surface area contributed by atoms with E-state index in [2.05, 4.69) is 27.6 Å². The number of hydrogen-bond donors (Lipinski definition) is 3. The zero-order valence-corrected chi connectivity index (χ0v) is 16.4. The summed E-state index contributed by atoms with van der Waals surface area (Å²) in [5, 5.41) is 21.6. The highest BCUT2D eigenvalue weighted by Crippen LogP contribution is 2.27. The van der Waals surface area contributed by atoms with Crippen molar-refractivity contribution >= 4 is 5.96 Å². The van der Waals surface area contributed by atoms with Crippen molar-refractivity contribution in [2.75, 3.05) is 19.6 Å².